The summed E-state index contributed by atoms with van der Waals surface area (Å²) in [5, 5.41) is 0. The molecular formula is C17H17BrN2. The van der Waals surface area contributed by atoms with E-state index in [0.29, 0.717) is 6.17 Å². The molecule has 4 rings (SSSR count). The number of para-hydroxylation sites is 2. The Hall–Kier alpha value is -1.48. The monoisotopic (exact) mass is 328 g/mol. The van der Waals surface area contributed by atoms with Gasteiger partial charge in [-0.1, -0.05) is 40.2 Å². The smallest absolute Gasteiger partial charge is 0.128 e. The second-order valence-corrected chi connectivity index (χ2v) is 6.42. The fourth-order valence-corrected chi connectivity index (χ4v) is 3.69. The second-order valence-electron chi connectivity index (χ2n) is 5.51. The van der Waals surface area contributed by atoms with E-state index < -0.39 is 0 Å². The maximum Gasteiger partial charge on any atom is 0.128 e. The van der Waals surface area contributed by atoms with Gasteiger partial charge in [0.05, 0.1) is 11.4 Å². The third kappa shape index (κ3) is 1.84. The molecule has 20 heavy (non-hydrogen) atoms. The second kappa shape index (κ2) is 4.81. The van der Waals surface area contributed by atoms with E-state index in [1.165, 1.54) is 29.8 Å². The van der Waals surface area contributed by atoms with Gasteiger partial charge in [-0.15, -0.1) is 0 Å². The van der Waals surface area contributed by atoms with Crippen LogP contribution in [0, 0.1) is 0 Å². The lowest BCUT2D eigenvalue weighted by molar-refractivity contribution is 0.655. The molecule has 2 aromatic rings. The number of nitrogens with zero attached hydrogens (tertiary/aromatic N) is 2. The Kier molecular flexibility index (Phi) is 2.95. The molecule has 2 aromatic carbocycles. The molecular weight excluding hydrogens is 312 g/mol. The molecule has 0 unspecified atom stereocenters. The number of benzene rings is 2. The summed E-state index contributed by atoms with van der Waals surface area (Å²) < 4.78 is 1.14. The molecule has 0 aromatic heterocycles. The van der Waals surface area contributed by atoms with Crippen LogP contribution >= 0.6 is 15.9 Å². The van der Waals surface area contributed by atoms with Crippen molar-refractivity contribution in [2.24, 2.45) is 0 Å². The molecule has 2 bridgehead atoms. The van der Waals surface area contributed by atoms with Gasteiger partial charge < -0.3 is 9.80 Å². The quantitative estimate of drug-likeness (QED) is 0.756. The van der Waals surface area contributed by atoms with E-state index in [2.05, 4.69) is 74.3 Å². The van der Waals surface area contributed by atoms with Gasteiger partial charge in [0, 0.05) is 17.6 Å². The molecule has 2 heterocycles. The number of anilines is 2. The molecule has 3 heteroatoms. The van der Waals surface area contributed by atoms with Crippen molar-refractivity contribution >= 4 is 27.3 Å². The van der Waals surface area contributed by atoms with Gasteiger partial charge in [0.2, 0.25) is 0 Å². The largest absolute Gasteiger partial charge is 0.346 e. The number of hydrogen-bond donors (Lipinski definition) is 0. The normalized spacial score (nSPS) is 18.1. The predicted molar refractivity (Wildman–Crippen MR) is 87.3 cm³/mol. The first-order chi connectivity index (χ1) is 9.84. The van der Waals surface area contributed by atoms with E-state index in [1.54, 1.807) is 0 Å². The van der Waals surface area contributed by atoms with Crippen molar-refractivity contribution in [3.63, 3.8) is 0 Å². The lowest BCUT2D eigenvalue weighted by Gasteiger charge is -2.30. The molecule has 2 aliphatic heterocycles. The third-order valence-corrected chi connectivity index (χ3v) is 4.84. The molecule has 1 fully saturated rings. The first-order valence-corrected chi connectivity index (χ1v) is 8.02. The molecule has 0 spiro atoms. The van der Waals surface area contributed by atoms with Crippen LogP contribution in [-0.2, 0) is 0 Å². The van der Waals surface area contributed by atoms with E-state index in [0.717, 1.165) is 17.6 Å². The fraction of sp³-hybridized carbons (Fsp3) is 0.294. The van der Waals surface area contributed by atoms with Crippen molar-refractivity contribution in [1.82, 2.24) is 0 Å². The van der Waals surface area contributed by atoms with Gasteiger partial charge in [0.25, 0.3) is 0 Å². The summed E-state index contributed by atoms with van der Waals surface area (Å²) in [5.41, 5.74) is 4.16. The molecule has 102 valence electrons. The van der Waals surface area contributed by atoms with Crippen molar-refractivity contribution < 1.29 is 0 Å². The summed E-state index contributed by atoms with van der Waals surface area (Å²) in [7, 11) is 0. The minimum absolute atomic E-state index is 0.364. The van der Waals surface area contributed by atoms with Gasteiger partial charge in [0.1, 0.15) is 6.17 Å². The molecule has 0 N–H and O–H groups in total. The Bertz CT molecular complexity index is 590. The Balaban J connectivity index is 1.82. The van der Waals surface area contributed by atoms with Crippen molar-refractivity contribution in [2.45, 2.75) is 19.0 Å². The number of halogens is 1. The Morgan fingerprint density at radius 3 is 1.90 bits per heavy atom. The van der Waals surface area contributed by atoms with E-state index in [9.17, 15) is 0 Å². The van der Waals surface area contributed by atoms with Crippen LogP contribution < -0.4 is 9.80 Å². The summed E-state index contributed by atoms with van der Waals surface area (Å²) >= 11 is 3.53. The lowest BCUT2D eigenvalue weighted by Crippen LogP contribution is -2.33. The molecule has 0 aliphatic carbocycles. The highest BCUT2D eigenvalue weighted by atomic mass is 79.9. The van der Waals surface area contributed by atoms with Crippen LogP contribution in [0.3, 0.4) is 0 Å². The Morgan fingerprint density at radius 2 is 1.35 bits per heavy atom. The van der Waals surface area contributed by atoms with Gasteiger partial charge in [-0.2, -0.15) is 0 Å². The van der Waals surface area contributed by atoms with Crippen molar-refractivity contribution in [3.8, 4) is 0 Å². The van der Waals surface area contributed by atoms with E-state index in [-0.39, 0.29) is 0 Å². The van der Waals surface area contributed by atoms with Crippen LogP contribution in [0.1, 0.15) is 24.6 Å². The van der Waals surface area contributed by atoms with Crippen LogP contribution in [0.2, 0.25) is 0 Å². The molecule has 0 amide bonds. The average Bonchev–Trinajstić information content (AvgIpc) is 2.63. The Labute approximate surface area is 128 Å². The number of hydrogen-bond acceptors (Lipinski definition) is 2. The minimum Gasteiger partial charge on any atom is -0.346 e. The zero-order valence-corrected chi connectivity index (χ0v) is 12.9. The van der Waals surface area contributed by atoms with Gasteiger partial charge in [0.15, 0.2) is 0 Å². The topological polar surface area (TPSA) is 6.48 Å². The van der Waals surface area contributed by atoms with E-state index in [1.807, 2.05) is 0 Å². The maximum atomic E-state index is 3.53. The first-order valence-electron chi connectivity index (χ1n) is 7.22. The molecule has 2 nitrogen and oxygen atoms in total. The van der Waals surface area contributed by atoms with E-state index >= 15 is 0 Å². The molecule has 0 saturated carbocycles. The highest BCUT2D eigenvalue weighted by Gasteiger charge is 2.37. The summed E-state index contributed by atoms with van der Waals surface area (Å²) in [6.45, 7) is 2.29. The zero-order valence-electron chi connectivity index (χ0n) is 11.3. The van der Waals surface area contributed by atoms with Crippen LogP contribution in [0.15, 0.2) is 53.0 Å². The summed E-state index contributed by atoms with van der Waals surface area (Å²) in [6.07, 6.45) is 2.92. The molecule has 1 saturated heterocycles. The molecule has 0 radical (unpaired) electrons. The molecule has 0 atom stereocenters. The summed E-state index contributed by atoms with van der Waals surface area (Å²) in [4.78, 5) is 5.12. The van der Waals surface area contributed by atoms with Crippen LogP contribution in [-0.4, -0.2) is 13.1 Å². The standard InChI is InChI=1S/C17H17BrN2/c18-14-9-7-13(8-10-14)17-19-11-3-4-12-20(17)16-6-2-1-5-15(16)19/h1-2,5-10,17H,3-4,11-12H2. The van der Waals surface area contributed by atoms with Crippen LogP contribution in [0.25, 0.3) is 0 Å². The minimum atomic E-state index is 0.364. The van der Waals surface area contributed by atoms with Gasteiger partial charge >= 0.3 is 0 Å². The maximum absolute atomic E-state index is 3.53. The predicted octanol–water partition coefficient (Wildman–Crippen LogP) is 4.57. The lowest BCUT2D eigenvalue weighted by atomic mass is 10.1. The number of rotatable bonds is 1. The number of fused-ring (bicyclic) bond motifs is 5. The van der Waals surface area contributed by atoms with Gasteiger partial charge in [-0.25, -0.2) is 0 Å². The van der Waals surface area contributed by atoms with Crippen molar-refractivity contribution in [3.05, 3.63) is 58.6 Å². The van der Waals surface area contributed by atoms with Crippen LogP contribution in [0.5, 0.6) is 0 Å². The summed E-state index contributed by atoms with van der Waals surface area (Å²) in [6, 6.07) is 17.6. The fourth-order valence-electron chi connectivity index (χ4n) is 3.43. The molecule has 2 aliphatic rings. The Morgan fingerprint density at radius 1 is 0.800 bits per heavy atom. The van der Waals surface area contributed by atoms with Crippen LogP contribution in [0.4, 0.5) is 11.4 Å². The van der Waals surface area contributed by atoms with Crippen molar-refractivity contribution in [2.75, 3.05) is 22.9 Å². The third-order valence-electron chi connectivity index (χ3n) is 4.31. The van der Waals surface area contributed by atoms with Gasteiger partial charge in [-0.05, 0) is 42.7 Å². The zero-order chi connectivity index (χ0) is 13.5. The highest BCUT2D eigenvalue weighted by Crippen LogP contribution is 2.47. The SMILES string of the molecule is Brc1ccc(C2N3CCCCN2c2ccccc23)cc1. The summed E-state index contributed by atoms with van der Waals surface area (Å²) in [5.74, 6) is 0. The highest BCUT2D eigenvalue weighted by molar-refractivity contribution is 9.10. The first kappa shape index (κ1) is 12.3. The average molecular weight is 329 g/mol. The van der Waals surface area contributed by atoms with Crippen molar-refractivity contribution in [1.29, 1.82) is 0 Å². The van der Waals surface area contributed by atoms with Gasteiger partial charge in [-0.3, -0.25) is 0 Å². The van der Waals surface area contributed by atoms with E-state index in [4.69, 9.17) is 0 Å².